The fourth-order valence-electron chi connectivity index (χ4n) is 1.98. The van der Waals surface area contributed by atoms with Gasteiger partial charge in [-0.3, -0.25) is 9.59 Å². The van der Waals surface area contributed by atoms with E-state index in [2.05, 4.69) is 15.6 Å². The van der Waals surface area contributed by atoms with Crippen molar-refractivity contribution in [2.24, 2.45) is 0 Å². The normalized spacial score (nSPS) is 10.1. The van der Waals surface area contributed by atoms with Crippen LogP contribution in [-0.4, -0.2) is 23.3 Å². The van der Waals surface area contributed by atoms with Gasteiger partial charge in [0.25, 0.3) is 5.91 Å². The fraction of sp³-hybridized carbons (Fsp3) is 0.235. The summed E-state index contributed by atoms with van der Waals surface area (Å²) in [5, 5.41) is 5.47. The number of hydrogen-bond acceptors (Lipinski definition) is 4. The van der Waals surface area contributed by atoms with Crippen molar-refractivity contribution in [3.05, 3.63) is 59.3 Å². The predicted molar refractivity (Wildman–Crippen MR) is 88.6 cm³/mol. The summed E-state index contributed by atoms with van der Waals surface area (Å²) in [5.74, 6) is 0.0623. The molecule has 0 aliphatic rings. The maximum atomic E-state index is 11.9. The van der Waals surface area contributed by atoms with Crippen LogP contribution in [0.25, 0.3) is 0 Å². The minimum absolute atomic E-state index is 0.155. The summed E-state index contributed by atoms with van der Waals surface area (Å²) in [7, 11) is 0. The van der Waals surface area contributed by atoms with Crippen LogP contribution in [0.2, 0.25) is 0 Å². The van der Waals surface area contributed by atoms with Crippen molar-refractivity contribution in [2.45, 2.75) is 19.9 Å². The van der Waals surface area contributed by atoms with Crippen LogP contribution < -0.4 is 16.4 Å². The van der Waals surface area contributed by atoms with Crippen molar-refractivity contribution < 1.29 is 9.59 Å². The molecule has 2 amide bonds. The van der Waals surface area contributed by atoms with Gasteiger partial charge in [0.1, 0.15) is 5.82 Å². The summed E-state index contributed by atoms with van der Waals surface area (Å²) >= 11 is 0. The van der Waals surface area contributed by atoms with Gasteiger partial charge in [-0.1, -0.05) is 23.8 Å². The average molecular weight is 312 g/mol. The number of anilines is 1. The molecule has 6 heteroatoms. The largest absolute Gasteiger partial charge is 0.383 e. The first-order valence-electron chi connectivity index (χ1n) is 7.37. The highest BCUT2D eigenvalue weighted by molar-refractivity contribution is 5.94. The lowest BCUT2D eigenvalue weighted by Gasteiger charge is -2.08. The van der Waals surface area contributed by atoms with E-state index in [1.807, 2.05) is 25.1 Å². The summed E-state index contributed by atoms with van der Waals surface area (Å²) in [6.45, 7) is 2.56. The van der Waals surface area contributed by atoms with Gasteiger partial charge in [0.05, 0.1) is 0 Å². The van der Waals surface area contributed by atoms with Crippen LogP contribution in [0.15, 0.2) is 42.6 Å². The molecule has 120 valence electrons. The lowest BCUT2D eigenvalue weighted by Crippen LogP contribution is -2.30. The van der Waals surface area contributed by atoms with Crippen molar-refractivity contribution >= 4 is 17.6 Å². The van der Waals surface area contributed by atoms with E-state index in [-0.39, 0.29) is 24.8 Å². The van der Waals surface area contributed by atoms with Gasteiger partial charge in [0.15, 0.2) is 0 Å². The first-order chi connectivity index (χ1) is 11.1. The van der Waals surface area contributed by atoms with E-state index in [1.165, 1.54) is 0 Å². The number of amides is 2. The second kappa shape index (κ2) is 7.93. The number of rotatable bonds is 6. The summed E-state index contributed by atoms with van der Waals surface area (Å²) in [4.78, 5) is 27.6. The van der Waals surface area contributed by atoms with Gasteiger partial charge in [-0.05, 0) is 25.1 Å². The van der Waals surface area contributed by atoms with Crippen LogP contribution in [0, 0.1) is 6.92 Å². The van der Waals surface area contributed by atoms with Crippen molar-refractivity contribution in [3.63, 3.8) is 0 Å². The molecule has 0 saturated carbocycles. The highest BCUT2D eigenvalue weighted by Gasteiger charge is 2.07. The number of pyridine rings is 1. The summed E-state index contributed by atoms with van der Waals surface area (Å²) in [6, 6.07) is 10.8. The van der Waals surface area contributed by atoms with Gasteiger partial charge >= 0.3 is 0 Å². The van der Waals surface area contributed by atoms with Crippen molar-refractivity contribution in [3.8, 4) is 0 Å². The molecule has 0 saturated heterocycles. The Hall–Kier alpha value is -2.89. The molecule has 0 aliphatic heterocycles. The molecule has 1 heterocycles. The Bertz CT molecular complexity index is 683. The Kier molecular flexibility index (Phi) is 5.68. The quantitative estimate of drug-likeness (QED) is 0.751. The molecule has 0 fully saturated rings. The molecule has 2 rings (SSSR count). The zero-order chi connectivity index (χ0) is 16.7. The molecule has 23 heavy (non-hydrogen) atoms. The van der Waals surface area contributed by atoms with Gasteiger partial charge < -0.3 is 16.4 Å². The Morgan fingerprint density at radius 2 is 1.87 bits per heavy atom. The van der Waals surface area contributed by atoms with Gasteiger partial charge in [0.2, 0.25) is 5.91 Å². The Labute approximate surface area is 135 Å². The predicted octanol–water partition coefficient (Wildman–Crippen LogP) is 1.41. The van der Waals surface area contributed by atoms with Gasteiger partial charge in [-0.25, -0.2) is 4.98 Å². The Balaban J connectivity index is 1.71. The minimum Gasteiger partial charge on any atom is -0.383 e. The number of nitrogens with two attached hydrogens (primary N) is 1. The third kappa shape index (κ3) is 5.10. The fourth-order valence-corrected chi connectivity index (χ4v) is 1.98. The summed E-state index contributed by atoms with van der Waals surface area (Å²) < 4.78 is 0. The number of hydrogen-bond donors (Lipinski definition) is 3. The molecule has 0 spiro atoms. The van der Waals surface area contributed by atoms with E-state index in [0.29, 0.717) is 17.9 Å². The molecule has 1 aromatic carbocycles. The number of carbonyl (C=O) groups excluding carboxylic acids is 2. The molecular weight excluding hydrogens is 292 g/mol. The highest BCUT2D eigenvalue weighted by atomic mass is 16.2. The number of nitrogen functional groups attached to an aromatic ring is 1. The maximum absolute atomic E-state index is 11.9. The standard InChI is InChI=1S/C17H20N4O2/c1-12-4-6-13(7-5-12)17(23)20-10-8-15(22)21-11-14-3-2-9-19-16(14)18/h2-7,9H,8,10-11H2,1H3,(H2,18,19)(H,20,23)(H,21,22). The van der Waals surface area contributed by atoms with E-state index in [9.17, 15) is 9.59 Å². The van der Waals surface area contributed by atoms with E-state index in [1.54, 1.807) is 24.4 Å². The van der Waals surface area contributed by atoms with Gasteiger partial charge in [-0.2, -0.15) is 0 Å². The first-order valence-corrected chi connectivity index (χ1v) is 7.37. The van der Waals surface area contributed by atoms with Crippen LogP contribution in [0.5, 0.6) is 0 Å². The number of carbonyl (C=O) groups is 2. The molecule has 0 unspecified atom stereocenters. The Morgan fingerprint density at radius 1 is 1.13 bits per heavy atom. The topological polar surface area (TPSA) is 97.1 Å². The smallest absolute Gasteiger partial charge is 0.251 e. The highest BCUT2D eigenvalue weighted by Crippen LogP contribution is 2.06. The third-order valence-electron chi connectivity index (χ3n) is 3.35. The minimum atomic E-state index is -0.186. The zero-order valence-corrected chi connectivity index (χ0v) is 13.0. The van der Waals surface area contributed by atoms with Crippen LogP contribution in [0.3, 0.4) is 0 Å². The number of nitrogens with zero attached hydrogens (tertiary/aromatic N) is 1. The molecule has 4 N–H and O–H groups in total. The number of nitrogens with one attached hydrogen (secondary N) is 2. The van der Waals surface area contributed by atoms with E-state index < -0.39 is 0 Å². The van der Waals surface area contributed by atoms with Crippen LogP contribution in [0.1, 0.15) is 27.9 Å². The second-order valence-electron chi connectivity index (χ2n) is 5.20. The molecular formula is C17H20N4O2. The van der Waals surface area contributed by atoms with Crippen LogP contribution in [-0.2, 0) is 11.3 Å². The number of benzene rings is 1. The van der Waals surface area contributed by atoms with Crippen molar-refractivity contribution in [2.75, 3.05) is 12.3 Å². The monoisotopic (exact) mass is 312 g/mol. The molecule has 0 aliphatic carbocycles. The molecule has 0 bridgehead atoms. The molecule has 0 atom stereocenters. The van der Waals surface area contributed by atoms with Gasteiger partial charge in [0, 0.05) is 36.8 Å². The average Bonchev–Trinajstić information content (AvgIpc) is 2.54. The number of aryl methyl sites for hydroxylation is 1. The SMILES string of the molecule is Cc1ccc(C(=O)NCCC(=O)NCc2cccnc2N)cc1. The second-order valence-corrected chi connectivity index (χ2v) is 5.20. The Morgan fingerprint density at radius 3 is 2.57 bits per heavy atom. The maximum Gasteiger partial charge on any atom is 0.251 e. The van der Waals surface area contributed by atoms with Crippen molar-refractivity contribution in [1.29, 1.82) is 0 Å². The van der Waals surface area contributed by atoms with E-state index >= 15 is 0 Å². The van der Waals surface area contributed by atoms with E-state index in [0.717, 1.165) is 11.1 Å². The van der Waals surface area contributed by atoms with Crippen LogP contribution >= 0.6 is 0 Å². The summed E-state index contributed by atoms with van der Waals surface area (Å²) in [5.41, 5.74) is 8.15. The lowest BCUT2D eigenvalue weighted by molar-refractivity contribution is -0.121. The molecule has 2 aromatic rings. The third-order valence-corrected chi connectivity index (χ3v) is 3.35. The zero-order valence-electron chi connectivity index (χ0n) is 13.0. The number of aromatic nitrogens is 1. The van der Waals surface area contributed by atoms with E-state index in [4.69, 9.17) is 5.73 Å². The molecule has 1 aromatic heterocycles. The van der Waals surface area contributed by atoms with Crippen molar-refractivity contribution in [1.82, 2.24) is 15.6 Å². The van der Waals surface area contributed by atoms with Gasteiger partial charge in [-0.15, -0.1) is 0 Å². The lowest BCUT2D eigenvalue weighted by atomic mass is 10.1. The first kappa shape index (κ1) is 16.5. The van der Waals surface area contributed by atoms with Crippen LogP contribution in [0.4, 0.5) is 5.82 Å². The molecule has 0 radical (unpaired) electrons. The molecule has 6 nitrogen and oxygen atoms in total. The summed E-state index contributed by atoms with van der Waals surface area (Å²) in [6.07, 6.45) is 1.80.